The van der Waals surface area contributed by atoms with E-state index in [1.165, 1.54) is 6.07 Å². The molecule has 1 aliphatic carbocycles. The number of amides is 1. The summed E-state index contributed by atoms with van der Waals surface area (Å²) in [5.41, 5.74) is 0.259. The van der Waals surface area contributed by atoms with E-state index in [4.69, 9.17) is 4.74 Å². The molecule has 0 radical (unpaired) electrons. The maximum atomic E-state index is 11.8. The summed E-state index contributed by atoms with van der Waals surface area (Å²) in [5, 5.41) is 2.94. The molecule has 3 rings (SSSR count). The lowest BCUT2D eigenvalue weighted by Gasteiger charge is -2.46. The van der Waals surface area contributed by atoms with Crippen LogP contribution in [0.15, 0.2) is 10.9 Å². The molecule has 0 atom stereocenters. The smallest absolute Gasteiger partial charge is 0.407 e. The summed E-state index contributed by atoms with van der Waals surface area (Å²) in [7, 11) is 0. The van der Waals surface area contributed by atoms with E-state index >= 15 is 0 Å². The molecule has 1 saturated heterocycles. The van der Waals surface area contributed by atoms with Crippen LogP contribution in [0.2, 0.25) is 0 Å². The first kappa shape index (κ1) is 18.9. The number of hydrogen-bond donors (Lipinski definition) is 2. The number of alkyl carbamates (subject to hydrolysis) is 1. The van der Waals surface area contributed by atoms with Gasteiger partial charge in [-0.25, -0.2) is 9.78 Å². The third-order valence-electron chi connectivity index (χ3n) is 5.12. The zero-order valence-corrected chi connectivity index (χ0v) is 16.2. The van der Waals surface area contributed by atoms with Crippen LogP contribution in [0.4, 0.5) is 4.79 Å². The summed E-state index contributed by atoms with van der Waals surface area (Å²) in [6.45, 7) is 9.24. The molecular formula is C19H30N4O3. The number of H-pyrrole nitrogens is 1. The Labute approximate surface area is 154 Å². The Morgan fingerprint density at radius 3 is 2.50 bits per heavy atom. The number of likely N-dealkylation sites (tertiary alicyclic amines) is 1. The second-order valence-electron chi connectivity index (χ2n) is 8.57. The van der Waals surface area contributed by atoms with Crippen LogP contribution >= 0.6 is 0 Å². The van der Waals surface area contributed by atoms with E-state index in [2.05, 4.69) is 20.2 Å². The number of aryl methyl sites for hydroxylation is 1. The zero-order chi connectivity index (χ0) is 18.9. The average molecular weight is 362 g/mol. The van der Waals surface area contributed by atoms with Gasteiger partial charge in [-0.15, -0.1) is 0 Å². The summed E-state index contributed by atoms with van der Waals surface area (Å²) in [6, 6.07) is 2.27. The van der Waals surface area contributed by atoms with Gasteiger partial charge in [0.1, 0.15) is 11.4 Å². The normalized spacial score (nSPS) is 24.8. The molecule has 0 bridgehead atoms. The molecule has 0 aromatic carbocycles. The molecule has 1 aromatic rings. The summed E-state index contributed by atoms with van der Waals surface area (Å²) in [4.78, 5) is 33.3. The van der Waals surface area contributed by atoms with Gasteiger partial charge in [0.2, 0.25) is 0 Å². The lowest BCUT2D eigenvalue weighted by Crippen LogP contribution is -2.62. The van der Waals surface area contributed by atoms with Crippen LogP contribution < -0.4 is 10.9 Å². The monoisotopic (exact) mass is 362 g/mol. The van der Waals surface area contributed by atoms with Crippen LogP contribution in [0.3, 0.4) is 0 Å². The number of carbonyl (C=O) groups is 1. The molecule has 2 N–H and O–H groups in total. The maximum absolute atomic E-state index is 11.8. The summed E-state index contributed by atoms with van der Waals surface area (Å²) >= 11 is 0. The minimum atomic E-state index is -0.462. The number of ether oxygens (including phenoxy) is 1. The average Bonchev–Trinajstić information content (AvgIpc) is 2.48. The van der Waals surface area contributed by atoms with Gasteiger partial charge in [-0.3, -0.25) is 9.69 Å². The van der Waals surface area contributed by atoms with Gasteiger partial charge < -0.3 is 15.0 Å². The lowest BCUT2D eigenvalue weighted by atomic mass is 9.83. The molecule has 7 nitrogen and oxygen atoms in total. The fraction of sp³-hybridized carbons (Fsp3) is 0.737. The number of hydrogen-bond acceptors (Lipinski definition) is 5. The Kier molecular flexibility index (Phi) is 5.37. The van der Waals surface area contributed by atoms with E-state index in [0.29, 0.717) is 12.0 Å². The zero-order valence-electron chi connectivity index (χ0n) is 16.2. The SMILES string of the molecule is Cc1cc(=O)[nH]c(C2CCC(N3CC(NC(=O)OC(C)(C)C)C3)CC2)n1. The highest BCUT2D eigenvalue weighted by Crippen LogP contribution is 2.34. The van der Waals surface area contributed by atoms with E-state index in [0.717, 1.165) is 50.3 Å². The van der Waals surface area contributed by atoms with Crippen LogP contribution in [-0.2, 0) is 4.74 Å². The quantitative estimate of drug-likeness (QED) is 0.862. The van der Waals surface area contributed by atoms with Crippen molar-refractivity contribution in [2.45, 2.75) is 77.0 Å². The van der Waals surface area contributed by atoms with Crippen molar-refractivity contribution in [2.24, 2.45) is 0 Å². The van der Waals surface area contributed by atoms with Crippen molar-refractivity contribution in [2.75, 3.05) is 13.1 Å². The Morgan fingerprint density at radius 2 is 1.92 bits per heavy atom. The van der Waals surface area contributed by atoms with E-state index in [-0.39, 0.29) is 17.7 Å². The molecule has 2 heterocycles. The van der Waals surface area contributed by atoms with E-state index in [1.54, 1.807) is 0 Å². The van der Waals surface area contributed by atoms with Gasteiger partial charge in [-0.1, -0.05) is 0 Å². The van der Waals surface area contributed by atoms with Gasteiger partial charge in [0.15, 0.2) is 0 Å². The number of nitrogens with one attached hydrogen (secondary N) is 2. The van der Waals surface area contributed by atoms with Crippen LogP contribution in [0, 0.1) is 6.92 Å². The van der Waals surface area contributed by atoms with Crippen molar-refractivity contribution < 1.29 is 9.53 Å². The predicted octanol–water partition coefficient (Wildman–Crippen LogP) is 2.31. The second kappa shape index (κ2) is 7.39. The first-order valence-electron chi connectivity index (χ1n) is 9.51. The molecule has 0 unspecified atom stereocenters. The molecular weight excluding hydrogens is 332 g/mol. The summed E-state index contributed by atoms with van der Waals surface area (Å²) in [6.07, 6.45) is 3.94. The third kappa shape index (κ3) is 4.84. The van der Waals surface area contributed by atoms with Crippen LogP contribution in [0.25, 0.3) is 0 Å². The molecule has 1 saturated carbocycles. The fourth-order valence-corrected chi connectivity index (χ4v) is 3.89. The van der Waals surface area contributed by atoms with Crippen molar-refractivity contribution in [1.82, 2.24) is 20.2 Å². The van der Waals surface area contributed by atoms with Crippen LogP contribution in [0.1, 0.15) is 63.9 Å². The Bertz CT molecular complexity index is 695. The van der Waals surface area contributed by atoms with E-state index < -0.39 is 5.60 Å². The molecule has 2 fully saturated rings. The minimum Gasteiger partial charge on any atom is -0.444 e. The molecule has 2 aliphatic rings. The first-order chi connectivity index (χ1) is 12.2. The minimum absolute atomic E-state index is 0.0616. The summed E-state index contributed by atoms with van der Waals surface area (Å²) in [5.74, 6) is 1.18. The number of aromatic nitrogens is 2. The molecule has 1 aromatic heterocycles. The van der Waals surface area contributed by atoms with Gasteiger partial charge in [-0.05, 0) is 53.4 Å². The van der Waals surface area contributed by atoms with Crippen molar-refractivity contribution in [3.8, 4) is 0 Å². The Hall–Kier alpha value is -1.89. The third-order valence-corrected chi connectivity index (χ3v) is 5.12. The van der Waals surface area contributed by atoms with Crippen molar-refractivity contribution in [1.29, 1.82) is 0 Å². The highest BCUT2D eigenvalue weighted by Gasteiger charge is 2.36. The molecule has 1 amide bonds. The second-order valence-corrected chi connectivity index (χ2v) is 8.57. The molecule has 26 heavy (non-hydrogen) atoms. The van der Waals surface area contributed by atoms with Crippen molar-refractivity contribution in [3.05, 3.63) is 27.9 Å². The number of carbonyl (C=O) groups excluding carboxylic acids is 1. The van der Waals surface area contributed by atoms with E-state index in [9.17, 15) is 9.59 Å². The predicted molar refractivity (Wildman–Crippen MR) is 99.3 cm³/mol. The van der Waals surface area contributed by atoms with E-state index in [1.807, 2.05) is 27.7 Å². The standard InChI is InChI=1S/C19H30N4O3/c1-12-9-16(24)22-17(20-12)13-5-7-15(8-6-13)23-10-14(11-23)21-18(25)26-19(2,3)4/h9,13-15H,5-8,10-11H2,1-4H3,(H,21,25)(H,20,22,24). The molecule has 1 aliphatic heterocycles. The lowest BCUT2D eigenvalue weighted by molar-refractivity contribution is 0.0254. The van der Waals surface area contributed by atoms with Crippen molar-refractivity contribution in [3.63, 3.8) is 0 Å². The number of rotatable bonds is 3. The van der Waals surface area contributed by atoms with Gasteiger partial charge in [0.05, 0.1) is 6.04 Å². The van der Waals surface area contributed by atoms with Gasteiger partial charge in [0, 0.05) is 36.8 Å². The van der Waals surface area contributed by atoms with Gasteiger partial charge in [-0.2, -0.15) is 0 Å². The molecule has 144 valence electrons. The Morgan fingerprint density at radius 1 is 1.27 bits per heavy atom. The van der Waals surface area contributed by atoms with Gasteiger partial charge in [0.25, 0.3) is 5.56 Å². The van der Waals surface area contributed by atoms with Crippen LogP contribution in [-0.4, -0.2) is 51.7 Å². The highest BCUT2D eigenvalue weighted by molar-refractivity contribution is 5.68. The van der Waals surface area contributed by atoms with Gasteiger partial charge >= 0.3 is 6.09 Å². The molecule has 0 spiro atoms. The number of aromatic amines is 1. The number of nitrogens with zero attached hydrogens (tertiary/aromatic N) is 2. The maximum Gasteiger partial charge on any atom is 0.407 e. The summed E-state index contributed by atoms with van der Waals surface area (Å²) < 4.78 is 5.30. The Balaban J connectivity index is 1.43. The first-order valence-corrected chi connectivity index (χ1v) is 9.51. The highest BCUT2D eigenvalue weighted by atomic mass is 16.6. The van der Waals surface area contributed by atoms with Crippen LogP contribution in [0.5, 0.6) is 0 Å². The van der Waals surface area contributed by atoms with Crippen molar-refractivity contribution >= 4 is 6.09 Å². The topological polar surface area (TPSA) is 87.3 Å². The molecule has 7 heteroatoms. The fourth-order valence-electron chi connectivity index (χ4n) is 3.89. The largest absolute Gasteiger partial charge is 0.444 e.